The third kappa shape index (κ3) is 5.57. The number of halogens is 3. The fraction of sp³-hybridized carbons (Fsp3) is 0.735. The Labute approximate surface area is 240 Å². The van der Waals surface area contributed by atoms with Gasteiger partial charge in [-0.2, -0.15) is 0 Å². The van der Waals surface area contributed by atoms with Crippen molar-refractivity contribution >= 4 is 25.2 Å². The van der Waals surface area contributed by atoms with Gasteiger partial charge in [-0.1, -0.05) is 13.8 Å². The molecule has 4 aliphatic rings. The molecule has 0 radical (unpaired) electrons. The maximum absolute atomic E-state index is 13.2. The van der Waals surface area contributed by atoms with Crippen molar-refractivity contribution in [2.24, 2.45) is 46.3 Å². The number of hydrogen-bond donors (Lipinski definition) is 0. The van der Waals surface area contributed by atoms with Crippen LogP contribution in [0.3, 0.4) is 0 Å². The van der Waals surface area contributed by atoms with Gasteiger partial charge in [0.25, 0.3) is 0 Å². The van der Waals surface area contributed by atoms with E-state index in [0.717, 1.165) is 46.9 Å². The van der Waals surface area contributed by atoms with Gasteiger partial charge in [0, 0.05) is 0 Å². The van der Waals surface area contributed by atoms with Crippen LogP contribution in [0.1, 0.15) is 104 Å². The molecule has 0 heterocycles. The molecule has 1 aromatic rings. The average Bonchev–Trinajstić information content (AvgIpc) is 3.22. The topological polar surface area (TPSA) is 17.1 Å². The van der Waals surface area contributed by atoms with Gasteiger partial charge in [-0.25, -0.2) is 0 Å². The quantitative estimate of drug-likeness (QED) is 0.283. The molecular formula is C34H47F3OSe. The molecule has 1 aromatic carbocycles. The Kier molecular flexibility index (Phi) is 8.28. The summed E-state index contributed by atoms with van der Waals surface area (Å²) in [4.78, 5) is 13.1. The summed E-state index contributed by atoms with van der Waals surface area (Å²) >= 11 is -0.160. The number of fused-ring (bicyclic) bond motifs is 5. The number of carbonyl (C=O) groups is 1. The van der Waals surface area contributed by atoms with E-state index in [9.17, 15) is 18.0 Å². The number of hydrogen-bond acceptors (Lipinski definition) is 1. The molecule has 1 nitrogen and oxygen atoms in total. The summed E-state index contributed by atoms with van der Waals surface area (Å²) in [6.45, 7) is 12.2. The minimum atomic E-state index is -4.32. The second-order valence-corrected chi connectivity index (χ2v) is 16.9. The zero-order valence-electron chi connectivity index (χ0n) is 24.4. The summed E-state index contributed by atoms with van der Waals surface area (Å²) < 4.78 is 40.0. The van der Waals surface area contributed by atoms with Crippen LogP contribution in [0.4, 0.5) is 13.2 Å². The molecule has 3 saturated carbocycles. The van der Waals surface area contributed by atoms with Crippen LogP contribution >= 0.6 is 0 Å². The number of allylic oxidation sites excluding steroid dienone is 1. The molecule has 4 unspecified atom stereocenters. The van der Waals surface area contributed by atoms with E-state index in [1.165, 1.54) is 69.1 Å². The standard InChI is InChI=1S/C34H47F3OSe/c1-21(2)7-6-8-22(3)27-15-16-28-26-14-11-24-19-30(38)31(20-33(24,5)29(26)17-18-32(27,28)4)39-25-12-9-23(10-13-25)34(35,36)37/h9-10,12-13,19,21-22,26-29,31H,6-8,11,14-18,20H2,1-5H3/t22?,26?,27-,28?,29?,31-,32-,33+/m1/s1. The van der Waals surface area contributed by atoms with E-state index in [0.29, 0.717) is 11.3 Å². The minimum absolute atomic E-state index is 0.0530. The van der Waals surface area contributed by atoms with Crippen LogP contribution < -0.4 is 4.46 Å². The Balaban J connectivity index is 1.30. The van der Waals surface area contributed by atoms with Crippen LogP contribution in [0.2, 0.25) is 4.82 Å². The van der Waals surface area contributed by atoms with Crippen molar-refractivity contribution in [3.63, 3.8) is 0 Å². The number of carbonyl (C=O) groups excluding carboxylic acids is 1. The molecule has 0 bridgehead atoms. The van der Waals surface area contributed by atoms with Gasteiger partial charge in [0.1, 0.15) is 0 Å². The molecule has 0 spiro atoms. The Hall–Kier alpha value is -1.06. The van der Waals surface area contributed by atoms with E-state index in [4.69, 9.17) is 0 Å². The Bertz CT molecular complexity index is 1070. The first-order valence-corrected chi connectivity index (χ1v) is 17.3. The van der Waals surface area contributed by atoms with Gasteiger partial charge in [0.05, 0.1) is 0 Å². The first-order valence-electron chi connectivity index (χ1n) is 15.4. The van der Waals surface area contributed by atoms with Crippen LogP contribution in [0, 0.1) is 46.3 Å². The molecule has 216 valence electrons. The number of rotatable bonds is 7. The first kappa shape index (κ1) is 29.4. The SMILES string of the molecule is CC(C)CCCC(C)[C@H]1CCC2C3CCC4=CC(=O)[C@H]([Se]c5ccc(C(F)(F)F)cc5)C[C@]4(C)C3CC[C@@]21C. The van der Waals surface area contributed by atoms with Gasteiger partial charge in [-0.05, 0) is 5.92 Å². The Morgan fingerprint density at radius 3 is 2.36 bits per heavy atom. The van der Waals surface area contributed by atoms with Crippen LogP contribution in [-0.4, -0.2) is 20.7 Å². The molecule has 0 aromatic heterocycles. The fourth-order valence-corrected chi connectivity index (χ4v) is 12.2. The van der Waals surface area contributed by atoms with Gasteiger partial charge < -0.3 is 0 Å². The molecule has 4 aliphatic carbocycles. The normalized spacial score (nSPS) is 37.2. The molecular weight excluding hydrogens is 560 g/mol. The Morgan fingerprint density at radius 2 is 1.69 bits per heavy atom. The summed E-state index contributed by atoms with van der Waals surface area (Å²) in [5.74, 6) is 4.80. The van der Waals surface area contributed by atoms with Crippen molar-refractivity contribution in [1.29, 1.82) is 0 Å². The van der Waals surface area contributed by atoms with Crippen LogP contribution in [0.25, 0.3) is 0 Å². The summed E-state index contributed by atoms with van der Waals surface area (Å²) in [6, 6.07) is 5.53. The molecule has 0 aliphatic heterocycles. The van der Waals surface area contributed by atoms with Crippen LogP contribution in [0.5, 0.6) is 0 Å². The van der Waals surface area contributed by atoms with E-state index in [-0.39, 0.29) is 31.0 Å². The summed E-state index contributed by atoms with van der Waals surface area (Å²) in [7, 11) is 0. The van der Waals surface area contributed by atoms with E-state index in [1.807, 2.05) is 6.08 Å². The number of ketones is 1. The number of benzene rings is 1. The molecule has 5 heteroatoms. The van der Waals surface area contributed by atoms with Crippen molar-refractivity contribution in [3.8, 4) is 0 Å². The van der Waals surface area contributed by atoms with Crippen LogP contribution in [-0.2, 0) is 11.0 Å². The monoisotopic (exact) mass is 608 g/mol. The second kappa shape index (κ2) is 11.0. The molecule has 8 atom stereocenters. The first-order chi connectivity index (χ1) is 18.3. The fourth-order valence-electron chi connectivity index (χ4n) is 9.61. The van der Waals surface area contributed by atoms with Gasteiger partial charge in [0.15, 0.2) is 0 Å². The van der Waals surface area contributed by atoms with Gasteiger partial charge >= 0.3 is 221 Å². The van der Waals surface area contributed by atoms with Crippen molar-refractivity contribution in [2.45, 2.75) is 110 Å². The van der Waals surface area contributed by atoms with E-state index < -0.39 is 11.7 Å². The van der Waals surface area contributed by atoms with Crippen LogP contribution in [0.15, 0.2) is 35.9 Å². The maximum atomic E-state index is 13.2. The predicted octanol–water partition coefficient (Wildman–Crippen LogP) is 9.04. The summed E-state index contributed by atoms with van der Waals surface area (Å²) in [6.07, 6.45) is 10.2. The predicted molar refractivity (Wildman–Crippen MR) is 154 cm³/mol. The molecule has 39 heavy (non-hydrogen) atoms. The molecule has 0 N–H and O–H groups in total. The van der Waals surface area contributed by atoms with Gasteiger partial charge in [-0.15, -0.1) is 0 Å². The molecule has 3 fully saturated rings. The summed E-state index contributed by atoms with van der Waals surface area (Å²) in [5, 5.41) is 0. The zero-order valence-corrected chi connectivity index (χ0v) is 26.2. The molecule has 0 saturated heterocycles. The molecule has 0 amide bonds. The van der Waals surface area contributed by atoms with Crippen molar-refractivity contribution in [3.05, 3.63) is 41.5 Å². The third-order valence-electron chi connectivity index (χ3n) is 11.6. The van der Waals surface area contributed by atoms with E-state index >= 15 is 0 Å². The average molecular weight is 608 g/mol. The summed E-state index contributed by atoms with van der Waals surface area (Å²) in [5.41, 5.74) is 1.26. The van der Waals surface area contributed by atoms with Crippen molar-refractivity contribution in [2.75, 3.05) is 0 Å². The molecule has 5 rings (SSSR count). The van der Waals surface area contributed by atoms with Crippen molar-refractivity contribution < 1.29 is 18.0 Å². The van der Waals surface area contributed by atoms with E-state index in [2.05, 4.69) is 34.6 Å². The third-order valence-corrected chi connectivity index (χ3v) is 14.2. The zero-order chi connectivity index (χ0) is 28.2. The second-order valence-electron chi connectivity index (χ2n) is 14.3. The number of alkyl halides is 3. The van der Waals surface area contributed by atoms with Gasteiger partial charge in [-0.3, -0.25) is 0 Å². The van der Waals surface area contributed by atoms with Gasteiger partial charge in [0.2, 0.25) is 0 Å². The Morgan fingerprint density at radius 1 is 0.974 bits per heavy atom. The van der Waals surface area contributed by atoms with Crippen molar-refractivity contribution in [1.82, 2.24) is 0 Å². The van der Waals surface area contributed by atoms with E-state index in [1.54, 1.807) is 12.1 Å².